The van der Waals surface area contributed by atoms with Crippen molar-refractivity contribution in [2.75, 3.05) is 32.7 Å². The number of benzene rings is 2. The van der Waals surface area contributed by atoms with E-state index >= 15 is 0 Å². The third-order valence-electron chi connectivity index (χ3n) is 5.40. The molecule has 1 saturated heterocycles. The van der Waals surface area contributed by atoms with Crippen molar-refractivity contribution in [2.45, 2.75) is 25.2 Å². The fraction of sp³-hybridized carbons (Fsp3) is 0.320. The number of allylic oxidation sites excluding steroid dienone is 1. The summed E-state index contributed by atoms with van der Waals surface area (Å²) in [7, 11) is -0.861. The number of rotatable bonds is 7. The molecule has 0 spiro atoms. The van der Waals surface area contributed by atoms with Gasteiger partial charge in [-0.25, -0.2) is 13.5 Å². The summed E-state index contributed by atoms with van der Waals surface area (Å²) in [4.78, 5) is 19.4. The Hall–Kier alpha value is -2.88. The van der Waals surface area contributed by atoms with Gasteiger partial charge in [0.1, 0.15) is 5.82 Å². The van der Waals surface area contributed by atoms with E-state index in [2.05, 4.69) is 25.5 Å². The quantitative estimate of drug-likeness (QED) is 0.436. The number of aliphatic imine (C=N–C) groups is 1. The van der Waals surface area contributed by atoms with E-state index in [0.717, 1.165) is 48.7 Å². The maximum Gasteiger partial charge on any atom is 0.175 e. The third-order valence-corrected chi connectivity index (χ3v) is 7.21. The average Bonchev–Trinajstić information content (AvgIpc) is 2.83. The van der Waals surface area contributed by atoms with Crippen molar-refractivity contribution in [3.63, 3.8) is 0 Å². The normalized spacial score (nSPS) is 16.6. The van der Waals surface area contributed by atoms with E-state index in [1.807, 2.05) is 37.3 Å². The van der Waals surface area contributed by atoms with Crippen LogP contribution in [0.3, 0.4) is 0 Å². The van der Waals surface area contributed by atoms with Crippen LogP contribution in [0.25, 0.3) is 16.8 Å². The second-order valence-electron chi connectivity index (χ2n) is 7.30. The van der Waals surface area contributed by atoms with Crippen molar-refractivity contribution in [2.24, 2.45) is 4.99 Å². The van der Waals surface area contributed by atoms with Gasteiger partial charge in [-0.05, 0) is 43.2 Å². The van der Waals surface area contributed by atoms with Gasteiger partial charge in [-0.3, -0.25) is 9.89 Å². The van der Waals surface area contributed by atoms with E-state index < -0.39 is 10.7 Å². The van der Waals surface area contributed by atoms with Crippen molar-refractivity contribution in [3.8, 4) is 17.2 Å². The predicted molar refractivity (Wildman–Crippen MR) is 129 cm³/mol. The molecule has 2 aromatic rings. The fourth-order valence-electron chi connectivity index (χ4n) is 3.78. The molecule has 0 bridgehead atoms. The summed E-state index contributed by atoms with van der Waals surface area (Å²) in [5, 5.41) is 11.0. The molecular formula is C25H27FN4OS. The lowest BCUT2D eigenvalue weighted by molar-refractivity contribution is 0.199. The molecule has 2 aromatic carbocycles. The summed E-state index contributed by atoms with van der Waals surface area (Å²) in [5.74, 6) is -0.350. The van der Waals surface area contributed by atoms with E-state index in [1.165, 1.54) is 6.07 Å². The number of piperazine rings is 1. The van der Waals surface area contributed by atoms with Gasteiger partial charge in [0.15, 0.2) is 5.23 Å². The minimum atomic E-state index is -0.861. The molecule has 1 unspecified atom stereocenters. The first-order valence-corrected chi connectivity index (χ1v) is 11.8. The van der Waals surface area contributed by atoms with E-state index in [4.69, 9.17) is 5.26 Å². The van der Waals surface area contributed by atoms with E-state index in [9.17, 15) is 9.18 Å². The minimum absolute atomic E-state index is 0.350. The number of nitriles is 1. The highest BCUT2D eigenvalue weighted by Crippen LogP contribution is 2.39. The number of hydrogen-bond donors (Lipinski definition) is 0. The Morgan fingerprint density at radius 1 is 1.19 bits per heavy atom. The zero-order chi connectivity index (χ0) is 22.9. The van der Waals surface area contributed by atoms with Crippen LogP contribution in [0.2, 0.25) is 0 Å². The van der Waals surface area contributed by atoms with E-state index in [-0.39, 0.29) is 5.82 Å². The summed E-state index contributed by atoms with van der Waals surface area (Å²) in [6.45, 7) is 7.45. The molecule has 5 nitrogen and oxygen atoms in total. The van der Waals surface area contributed by atoms with Crippen LogP contribution in [-0.2, 0) is 4.79 Å². The molecule has 1 fully saturated rings. The van der Waals surface area contributed by atoms with Crippen LogP contribution in [0, 0.1) is 17.1 Å². The summed E-state index contributed by atoms with van der Waals surface area (Å²) in [5.41, 5.74) is 2.58. The molecular weight excluding hydrogens is 423 g/mol. The van der Waals surface area contributed by atoms with Gasteiger partial charge < -0.3 is 0 Å². The molecule has 0 saturated carbocycles. The predicted octanol–water partition coefficient (Wildman–Crippen LogP) is 5.09. The SMILES string of the molecule is CC=N/C(=C\C)c1ccc(-c2ccccc2S(=C=O)N2CCN(CCC#N)CC2)cc1F. The molecule has 0 amide bonds. The first kappa shape index (κ1) is 23.8. The Morgan fingerprint density at radius 2 is 1.94 bits per heavy atom. The summed E-state index contributed by atoms with van der Waals surface area (Å²) >= 11 is 0. The lowest BCUT2D eigenvalue weighted by atomic mass is 10.0. The molecule has 7 heteroatoms. The molecule has 0 aromatic heterocycles. The standard InChI is InChI=1S/C25H27FN4OS/c1-3-24(28-4-2)22-11-10-20(18-23(22)26)21-8-5-6-9-25(21)32(19-31)30-16-14-29(15-17-30)13-7-12-27/h3-6,8-11,18H,7,13-17H2,1-2H3/b24-3-,28-4?. The first-order valence-electron chi connectivity index (χ1n) is 10.6. The second-order valence-corrected chi connectivity index (χ2v) is 8.99. The summed E-state index contributed by atoms with van der Waals surface area (Å²) in [6.07, 6.45) is 3.93. The molecule has 166 valence electrons. The van der Waals surface area contributed by atoms with Crippen LogP contribution in [0.1, 0.15) is 25.8 Å². The van der Waals surface area contributed by atoms with Gasteiger partial charge in [-0.2, -0.15) is 5.26 Å². The molecule has 0 N–H and O–H groups in total. The number of hydrogen-bond acceptors (Lipinski definition) is 5. The zero-order valence-corrected chi connectivity index (χ0v) is 19.2. The van der Waals surface area contributed by atoms with Crippen molar-refractivity contribution in [1.29, 1.82) is 5.26 Å². The van der Waals surface area contributed by atoms with Gasteiger partial charge in [0, 0.05) is 66.5 Å². The van der Waals surface area contributed by atoms with Gasteiger partial charge >= 0.3 is 0 Å². The van der Waals surface area contributed by atoms with Crippen LogP contribution in [0.15, 0.2) is 58.4 Å². The van der Waals surface area contributed by atoms with Gasteiger partial charge in [-0.15, -0.1) is 0 Å². The minimum Gasteiger partial charge on any atom is -0.300 e. The van der Waals surface area contributed by atoms with Gasteiger partial charge in [0.25, 0.3) is 0 Å². The van der Waals surface area contributed by atoms with Crippen molar-refractivity contribution in [3.05, 3.63) is 59.9 Å². The Labute approximate surface area is 191 Å². The summed E-state index contributed by atoms with van der Waals surface area (Å²) < 4.78 is 17.1. The Bertz CT molecular complexity index is 1110. The Balaban J connectivity index is 1.90. The molecule has 1 heterocycles. The van der Waals surface area contributed by atoms with Gasteiger partial charge in [-0.1, -0.05) is 30.3 Å². The van der Waals surface area contributed by atoms with E-state index in [0.29, 0.717) is 17.7 Å². The summed E-state index contributed by atoms with van der Waals surface area (Å²) in [6, 6.07) is 14.9. The maximum atomic E-state index is 15.0. The zero-order valence-electron chi connectivity index (χ0n) is 18.4. The van der Waals surface area contributed by atoms with Crippen LogP contribution < -0.4 is 0 Å². The smallest absolute Gasteiger partial charge is 0.175 e. The van der Waals surface area contributed by atoms with Crippen LogP contribution in [0.4, 0.5) is 4.39 Å². The monoisotopic (exact) mass is 450 g/mol. The van der Waals surface area contributed by atoms with Gasteiger partial charge in [0.05, 0.1) is 11.8 Å². The molecule has 3 rings (SSSR count). The average molecular weight is 451 g/mol. The molecule has 1 aliphatic rings. The Kier molecular flexibility index (Phi) is 8.66. The molecule has 0 aliphatic carbocycles. The second kappa shape index (κ2) is 11.7. The van der Waals surface area contributed by atoms with Crippen molar-refractivity contribution < 1.29 is 9.18 Å². The van der Waals surface area contributed by atoms with Crippen LogP contribution >= 0.6 is 10.7 Å². The topological polar surface area (TPSA) is 59.7 Å². The lowest BCUT2D eigenvalue weighted by Crippen LogP contribution is -2.44. The maximum absolute atomic E-state index is 15.0. The fourth-order valence-corrected chi connectivity index (χ4v) is 5.39. The lowest BCUT2D eigenvalue weighted by Gasteiger charge is -2.35. The molecule has 1 atom stereocenters. The van der Waals surface area contributed by atoms with E-state index in [1.54, 1.807) is 25.3 Å². The highest BCUT2D eigenvalue weighted by molar-refractivity contribution is 8.12. The van der Waals surface area contributed by atoms with Crippen molar-refractivity contribution >= 4 is 27.8 Å². The Morgan fingerprint density at radius 3 is 2.56 bits per heavy atom. The number of carbonyl (C=O) groups excluding carboxylic acids is 1. The first-order chi connectivity index (χ1) is 15.6. The molecule has 0 radical (unpaired) electrons. The number of nitrogens with zero attached hydrogens (tertiary/aromatic N) is 4. The third kappa shape index (κ3) is 5.48. The number of halogens is 1. The van der Waals surface area contributed by atoms with Crippen molar-refractivity contribution in [1.82, 2.24) is 9.21 Å². The highest BCUT2D eigenvalue weighted by atomic mass is 32.2. The van der Waals surface area contributed by atoms with Crippen LogP contribution in [-0.4, -0.2) is 53.4 Å². The highest BCUT2D eigenvalue weighted by Gasteiger charge is 2.22. The molecule has 32 heavy (non-hydrogen) atoms. The van der Waals surface area contributed by atoms with Gasteiger partial charge in [0.2, 0.25) is 0 Å². The molecule has 1 aliphatic heterocycles. The largest absolute Gasteiger partial charge is 0.300 e. The van der Waals surface area contributed by atoms with Crippen LogP contribution in [0.5, 0.6) is 0 Å².